The summed E-state index contributed by atoms with van der Waals surface area (Å²) >= 11 is 0. The zero-order chi connectivity index (χ0) is 58.8. The molecule has 0 unspecified atom stereocenters. The molecule has 6 N–H and O–H groups in total. The fourth-order valence-corrected chi connectivity index (χ4v) is 15.7. The normalized spacial score (nSPS) is 34.5. The lowest BCUT2D eigenvalue weighted by molar-refractivity contribution is -0.346. The molecule has 5 fully saturated rings. The Labute approximate surface area is 477 Å². The van der Waals surface area contributed by atoms with Gasteiger partial charge in [0.2, 0.25) is 0 Å². The minimum Gasteiger partial charge on any atom is -0.508 e. The van der Waals surface area contributed by atoms with Crippen molar-refractivity contribution in [3.05, 3.63) is 148 Å². The van der Waals surface area contributed by atoms with E-state index in [-0.39, 0.29) is 46.8 Å². The van der Waals surface area contributed by atoms with Crippen LogP contribution in [0.15, 0.2) is 120 Å². The number of Topliss-reactive ketones (excluding diaryl/α,β-unsaturated/α-hetero) is 1. The molecular weight excluding hydrogens is 1050 g/mol. The van der Waals surface area contributed by atoms with Gasteiger partial charge in [-0.25, -0.2) is 9.59 Å². The molecule has 82 heavy (non-hydrogen) atoms. The third-order valence-corrected chi connectivity index (χ3v) is 20.1. The monoisotopic (exact) mass is 1130 g/mol. The Kier molecular flexibility index (Phi) is 15.7. The average molecular weight is 1130 g/mol. The Morgan fingerprint density at radius 2 is 1.41 bits per heavy atom. The van der Waals surface area contributed by atoms with Crippen molar-refractivity contribution in [1.29, 1.82) is 0 Å². The molecule has 7 aliphatic rings. The second kappa shape index (κ2) is 22.1. The SMILES string of the molecule is CC(=O)O[C@H]1C(=O)[C@@]2(C)[C@H]([C@H](OC(=O)c3ccccc3)[C@]3(O)C[C@H](OC(=O)[C@H](O)[C@@H](NC(=O)c4ccccc4)c4ccccc4)C(C)=C1C3(C)C)[C@]1(OC(C)=O)CO[C@@H]1C[C@@H]2O.C[C@]12CC[C@@H]3c4ccc(O)cc4CC[C@H]3[C@@H]1CC[C@@H]2O. The van der Waals surface area contributed by atoms with Crippen LogP contribution in [0.1, 0.15) is 143 Å². The first-order valence-corrected chi connectivity index (χ1v) is 28.6. The van der Waals surface area contributed by atoms with Crippen LogP contribution in [0.25, 0.3) is 0 Å². The lowest BCUT2D eigenvalue weighted by atomic mass is 9.44. The Morgan fingerprint density at radius 1 is 0.768 bits per heavy atom. The lowest BCUT2D eigenvalue weighted by Crippen LogP contribution is -2.82. The highest BCUT2D eigenvalue weighted by Gasteiger charge is 2.78. The van der Waals surface area contributed by atoms with E-state index in [9.17, 15) is 49.5 Å². The minimum absolute atomic E-state index is 0.00289. The molecule has 17 heteroatoms. The average Bonchev–Trinajstić information content (AvgIpc) is 0.957. The van der Waals surface area contributed by atoms with Crippen molar-refractivity contribution in [2.24, 2.45) is 34.0 Å². The molecule has 1 saturated heterocycles. The molecule has 1 heterocycles. The molecule has 1 aliphatic heterocycles. The molecule has 436 valence electrons. The van der Waals surface area contributed by atoms with Gasteiger partial charge >= 0.3 is 23.9 Å². The topological polar surface area (TPSA) is 262 Å². The number of aromatic hydroxyl groups is 1. The molecule has 17 nitrogen and oxygen atoms in total. The number of phenols is 1. The van der Waals surface area contributed by atoms with Gasteiger partial charge in [-0.3, -0.25) is 19.2 Å². The number of carbonyl (C=O) groups excluding carboxylic acids is 6. The third kappa shape index (κ3) is 9.82. The fourth-order valence-electron chi connectivity index (χ4n) is 15.7. The van der Waals surface area contributed by atoms with Crippen molar-refractivity contribution in [1.82, 2.24) is 5.32 Å². The van der Waals surface area contributed by atoms with Gasteiger partial charge in [0.15, 0.2) is 23.6 Å². The smallest absolute Gasteiger partial charge is 0.338 e. The summed E-state index contributed by atoms with van der Waals surface area (Å²) in [6, 6.07) is 28.9. The van der Waals surface area contributed by atoms with Gasteiger partial charge in [-0.2, -0.15) is 0 Å². The number of phenolic OH excluding ortho intramolecular Hbond substituents is 1. The van der Waals surface area contributed by atoms with Crippen LogP contribution >= 0.6 is 0 Å². The van der Waals surface area contributed by atoms with Crippen LogP contribution in [0.5, 0.6) is 5.75 Å². The van der Waals surface area contributed by atoms with Crippen LogP contribution in [0.3, 0.4) is 0 Å². The van der Waals surface area contributed by atoms with E-state index in [4.69, 9.17) is 23.7 Å². The number of hydrogen-bond donors (Lipinski definition) is 6. The second-order valence-corrected chi connectivity index (χ2v) is 24.8. The van der Waals surface area contributed by atoms with Crippen LogP contribution in [0.4, 0.5) is 0 Å². The van der Waals surface area contributed by atoms with E-state index in [2.05, 4.69) is 18.3 Å². The van der Waals surface area contributed by atoms with Crippen LogP contribution in [-0.4, -0.2) is 122 Å². The number of aliphatic hydroxyl groups excluding tert-OH is 3. The Hall–Kier alpha value is -6.76. The lowest BCUT2D eigenvalue weighted by Gasteiger charge is -2.67. The largest absolute Gasteiger partial charge is 0.508 e. The summed E-state index contributed by atoms with van der Waals surface area (Å²) in [6.07, 6.45) is -3.73. The van der Waals surface area contributed by atoms with E-state index in [1.807, 2.05) is 12.1 Å². The van der Waals surface area contributed by atoms with Crippen molar-refractivity contribution in [3.63, 3.8) is 0 Å². The van der Waals surface area contributed by atoms with Crippen molar-refractivity contribution in [2.75, 3.05) is 6.61 Å². The number of amides is 1. The molecule has 6 aliphatic carbocycles. The number of aliphatic hydroxyl groups is 4. The molecule has 2 bridgehead atoms. The van der Waals surface area contributed by atoms with E-state index >= 15 is 4.79 Å². The van der Waals surface area contributed by atoms with Crippen molar-refractivity contribution in [3.8, 4) is 5.75 Å². The van der Waals surface area contributed by atoms with Crippen LogP contribution in [-0.2, 0) is 49.3 Å². The van der Waals surface area contributed by atoms with Crippen LogP contribution in [0.2, 0.25) is 0 Å². The maximum Gasteiger partial charge on any atom is 0.338 e. The van der Waals surface area contributed by atoms with E-state index < -0.39 is 113 Å². The number of carbonyl (C=O) groups is 6. The summed E-state index contributed by atoms with van der Waals surface area (Å²) in [5, 5.41) is 60.3. The molecule has 4 aromatic carbocycles. The van der Waals surface area contributed by atoms with Gasteiger partial charge in [0.1, 0.15) is 29.7 Å². The molecule has 0 spiro atoms. The van der Waals surface area contributed by atoms with Gasteiger partial charge in [-0.15, -0.1) is 0 Å². The van der Waals surface area contributed by atoms with Crippen molar-refractivity contribution < 1.29 is 78.0 Å². The molecule has 4 saturated carbocycles. The quantitative estimate of drug-likeness (QED) is 0.0515. The van der Waals surface area contributed by atoms with Crippen LogP contribution in [0, 0.1) is 34.0 Å². The molecule has 16 atom stereocenters. The zero-order valence-electron chi connectivity index (χ0n) is 47.4. The van der Waals surface area contributed by atoms with E-state index in [1.54, 1.807) is 92.7 Å². The predicted octanol–water partition coefficient (Wildman–Crippen LogP) is 7.34. The number of hydrogen-bond acceptors (Lipinski definition) is 16. The first-order chi connectivity index (χ1) is 38.9. The zero-order valence-corrected chi connectivity index (χ0v) is 47.4. The minimum atomic E-state index is -2.39. The molecule has 4 aromatic rings. The first-order valence-electron chi connectivity index (χ1n) is 28.6. The summed E-state index contributed by atoms with van der Waals surface area (Å²) < 4.78 is 30.3. The van der Waals surface area contributed by atoms with Gasteiger partial charge < -0.3 is 54.5 Å². The van der Waals surface area contributed by atoms with E-state index in [1.165, 1.54) is 56.4 Å². The van der Waals surface area contributed by atoms with Gasteiger partial charge in [0.05, 0.1) is 41.8 Å². The van der Waals surface area contributed by atoms with Crippen molar-refractivity contribution >= 4 is 35.6 Å². The van der Waals surface area contributed by atoms with Crippen LogP contribution < -0.4 is 5.32 Å². The number of ether oxygens (including phenoxy) is 5. The highest BCUT2D eigenvalue weighted by Crippen LogP contribution is 2.65. The number of esters is 4. The summed E-state index contributed by atoms with van der Waals surface area (Å²) in [7, 11) is 0. The summed E-state index contributed by atoms with van der Waals surface area (Å²) in [4.78, 5) is 83.5. The number of ketones is 1. The van der Waals surface area contributed by atoms with E-state index in [0.717, 1.165) is 39.0 Å². The standard InChI is InChI=1S/C47H51NO14.C18H24O2/c1-25-31(60-43(56)36(52)35(28-16-10-7-11-17-28)48-41(54)29-18-12-8-13-19-29)23-47(57)40(61-42(55)30-20-14-9-15-21-30)38-45(6,32(51)22-33-46(38,24-58-33)62-27(3)50)39(53)37(59-26(2)49)34(25)44(47,4)5;1-18-9-8-14-13-5-3-12(19)10-11(13)2-4-15(14)16(18)6-7-17(18)20/h7-21,31-33,35-38,40,51-52,57H,22-24H2,1-6H3,(H,48,54);3,5,10,14-17,19-20H,2,4,6-9H2,1H3/t31-,32-,33+,35-,36+,37+,38-,40-,45+,46-,47+;14-,15-,16+,17+,18+/m01/s1. The summed E-state index contributed by atoms with van der Waals surface area (Å²) in [5.41, 5.74) is -4.03. The fraction of sp³-hybridized carbons (Fsp3) is 0.508. The third-order valence-electron chi connectivity index (χ3n) is 20.1. The highest BCUT2D eigenvalue weighted by atomic mass is 16.6. The van der Waals surface area contributed by atoms with Gasteiger partial charge in [0, 0.05) is 37.7 Å². The van der Waals surface area contributed by atoms with Gasteiger partial charge in [0.25, 0.3) is 5.91 Å². The maximum absolute atomic E-state index is 15.5. The Bertz CT molecular complexity index is 3150. The first kappa shape index (κ1) is 58.4. The molecule has 11 rings (SSSR count). The molecule has 1 amide bonds. The Morgan fingerprint density at radius 3 is 2.04 bits per heavy atom. The highest BCUT2D eigenvalue weighted by molar-refractivity contribution is 5.96. The molecule has 0 aromatic heterocycles. The number of benzene rings is 4. The number of aryl methyl sites for hydroxylation is 1. The summed E-state index contributed by atoms with van der Waals surface area (Å²) in [5.74, 6) is -4.35. The number of fused-ring (bicyclic) bond motifs is 10. The summed E-state index contributed by atoms with van der Waals surface area (Å²) in [6.45, 7) is 10.3. The second-order valence-electron chi connectivity index (χ2n) is 24.8. The number of rotatable bonds is 10. The predicted molar refractivity (Wildman–Crippen MR) is 296 cm³/mol. The van der Waals surface area contributed by atoms with E-state index in [0.29, 0.717) is 23.1 Å². The van der Waals surface area contributed by atoms with Gasteiger partial charge in [-0.05, 0) is 140 Å². The Balaban J connectivity index is 0.000000312. The maximum atomic E-state index is 15.5. The van der Waals surface area contributed by atoms with Crippen molar-refractivity contribution in [2.45, 2.75) is 166 Å². The number of nitrogens with one attached hydrogen (secondary N) is 1. The molecule has 0 radical (unpaired) electrons. The van der Waals surface area contributed by atoms with Gasteiger partial charge in [-0.1, -0.05) is 93.6 Å². The molecular formula is C65H75NO16.